The van der Waals surface area contributed by atoms with E-state index in [4.69, 9.17) is 5.11 Å². The molecular weight excluding hydrogens is 352 g/mol. The molecular formula is C23H24N2O3. The number of carboxylic acid groups (broad SMARTS) is 1. The van der Waals surface area contributed by atoms with Crippen LogP contribution in [-0.4, -0.2) is 44.8 Å². The number of hydrogen-bond donors (Lipinski definition) is 2. The van der Waals surface area contributed by atoms with Crippen molar-refractivity contribution in [1.29, 1.82) is 0 Å². The first-order chi connectivity index (χ1) is 13.6. The number of fused-ring (bicyclic) bond motifs is 1. The molecule has 0 radical (unpaired) electrons. The molecule has 144 valence electrons. The predicted molar refractivity (Wildman–Crippen MR) is 109 cm³/mol. The van der Waals surface area contributed by atoms with Crippen LogP contribution >= 0.6 is 0 Å². The Morgan fingerprint density at radius 2 is 1.71 bits per heavy atom. The number of likely N-dealkylation sites (tertiary alicyclic amines) is 1. The zero-order chi connectivity index (χ0) is 19.3. The molecule has 1 saturated heterocycles. The summed E-state index contributed by atoms with van der Waals surface area (Å²) in [6.07, 6.45) is 7.12. The summed E-state index contributed by atoms with van der Waals surface area (Å²) in [5.74, 6) is -0.570. The van der Waals surface area contributed by atoms with Gasteiger partial charge in [0.1, 0.15) is 0 Å². The molecule has 2 aromatic carbocycles. The van der Waals surface area contributed by atoms with Crippen molar-refractivity contribution in [2.75, 3.05) is 13.1 Å². The third-order valence-electron chi connectivity index (χ3n) is 6.46. The molecule has 1 atom stereocenters. The van der Waals surface area contributed by atoms with E-state index >= 15 is 0 Å². The van der Waals surface area contributed by atoms with E-state index in [0.717, 1.165) is 47.5 Å². The molecule has 5 heteroatoms. The Kier molecular flexibility index (Phi) is 4.13. The van der Waals surface area contributed by atoms with Gasteiger partial charge in [-0.3, -0.25) is 4.90 Å². The molecule has 0 bridgehead atoms. The minimum atomic E-state index is -0.920. The summed E-state index contributed by atoms with van der Waals surface area (Å²) in [4.78, 5) is 13.6. The van der Waals surface area contributed by atoms with Crippen molar-refractivity contribution in [1.82, 2.24) is 9.47 Å². The van der Waals surface area contributed by atoms with Crippen molar-refractivity contribution < 1.29 is 15.0 Å². The summed E-state index contributed by atoms with van der Waals surface area (Å²) in [6, 6.07) is 14.0. The van der Waals surface area contributed by atoms with Crippen molar-refractivity contribution in [2.24, 2.45) is 0 Å². The Morgan fingerprint density at radius 3 is 2.39 bits per heavy atom. The Labute approximate surface area is 163 Å². The molecule has 2 heterocycles. The van der Waals surface area contributed by atoms with E-state index < -0.39 is 5.97 Å². The van der Waals surface area contributed by atoms with Gasteiger partial charge in [0.2, 0.25) is 0 Å². The number of carbonyl (C=O) groups is 1. The summed E-state index contributed by atoms with van der Waals surface area (Å²) < 4.78 is 2.04. The second kappa shape index (κ2) is 6.67. The molecule has 1 aromatic heterocycles. The highest BCUT2D eigenvalue weighted by Crippen LogP contribution is 2.37. The van der Waals surface area contributed by atoms with Crippen LogP contribution in [0, 0.1) is 0 Å². The number of rotatable bonds is 4. The molecule has 0 amide bonds. The minimum Gasteiger partial charge on any atom is -0.494 e. The third-order valence-corrected chi connectivity index (χ3v) is 6.46. The fourth-order valence-corrected chi connectivity index (χ4v) is 4.57. The molecule has 2 fully saturated rings. The lowest BCUT2D eigenvalue weighted by Gasteiger charge is -2.34. The van der Waals surface area contributed by atoms with Crippen LogP contribution in [0.15, 0.2) is 48.7 Å². The lowest BCUT2D eigenvalue weighted by Crippen LogP contribution is -2.38. The average Bonchev–Trinajstić information content (AvgIpc) is 3.25. The Bertz CT molecular complexity index is 1030. The van der Waals surface area contributed by atoms with Crippen molar-refractivity contribution in [3.05, 3.63) is 54.2 Å². The predicted octanol–water partition coefficient (Wildman–Crippen LogP) is 4.51. The minimum absolute atomic E-state index is 0.283. The summed E-state index contributed by atoms with van der Waals surface area (Å²) in [6.45, 7) is 2.13. The normalized spacial score (nSPS) is 20.5. The lowest BCUT2D eigenvalue weighted by molar-refractivity contribution is 0.0697. The van der Waals surface area contributed by atoms with Crippen molar-refractivity contribution in [3.63, 3.8) is 0 Å². The van der Waals surface area contributed by atoms with E-state index in [1.54, 1.807) is 12.1 Å². The van der Waals surface area contributed by atoms with Crippen LogP contribution in [0.2, 0.25) is 0 Å². The number of aromatic carboxylic acids is 1. The maximum atomic E-state index is 11.0. The lowest BCUT2D eigenvalue weighted by atomic mass is 9.92. The monoisotopic (exact) mass is 376 g/mol. The SMILES string of the molecule is O=C(O)c1ccc(-c2ccc3c(O)n([C@@H]4CCN(C5CCC5)C4)cc3c2)cc1. The zero-order valence-corrected chi connectivity index (χ0v) is 15.7. The quantitative estimate of drug-likeness (QED) is 0.703. The van der Waals surface area contributed by atoms with E-state index in [-0.39, 0.29) is 5.56 Å². The number of hydrogen-bond acceptors (Lipinski definition) is 3. The standard InChI is InChI=1S/C23H24N2O3/c26-22-21-9-8-17(15-4-6-16(7-5-15)23(27)28)12-18(21)13-25(22)20-10-11-24(14-20)19-2-1-3-19/h4-9,12-13,19-20,26H,1-3,10-11,14H2,(H,27,28)/t20-/m1/s1. The smallest absolute Gasteiger partial charge is 0.335 e. The van der Waals surface area contributed by atoms with Gasteiger partial charge in [-0.25, -0.2) is 4.79 Å². The number of carboxylic acids is 1. The summed E-state index contributed by atoms with van der Waals surface area (Å²) >= 11 is 0. The van der Waals surface area contributed by atoms with E-state index in [9.17, 15) is 9.90 Å². The zero-order valence-electron chi connectivity index (χ0n) is 15.7. The highest BCUT2D eigenvalue weighted by molar-refractivity contribution is 5.92. The maximum Gasteiger partial charge on any atom is 0.335 e. The highest BCUT2D eigenvalue weighted by atomic mass is 16.4. The number of benzene rings is 2. The topological polar surface area (TPSA) is 65.7 Å². The molecule has 5 nitrogen and oxygen atoms in total. The van der Waals surface area contributed by atoms with Gasteiger partial charge in [0.15, 0.2) is 5.88 Å². The van der Waals surface area contributed by atoms with E-state index in [0.29, 0.717) is 11.9 Å². The first kappa shape index (κ1) is 17.3. The van der Waals surface area contributed by atoms with Gasteiger partial charge >= 0.3 is 5.97 Å². The molecule has 0 spiro atoms. The van der Waals surface area contributed by atoms with E-state index in [1.165, 1.54) is 19.3 Å². The van der Waals surface area contributed by atoms with Crippen molar-refractivity contribution in [2.45, 2.75) is 37.8 Å². The summed E-state index contributed by atoms with van der Waals surface area (Å²) in [5, 5.41) is 21.7. The molecule has 1 saturated carbocycles. The Balaban J connectivity index is 1.43. The summed E-state index contributed by atoms with van der Waals surface area (Å²) in [5.41, 5.74) is 2.27. The van der Waals surface area contributed by atoms with Gasteiger partial charge in [0, 0.05) is 36.1 Å². The highest BCUT2D eigenvalue weighted by Gasteiger charge is 2.33. The molecule has 1 aliphatic heterocycles. The molecule has 28 heavy (non-hydrogen) atoms. The van der Waals surface area contributed by atoms with Crippen LogP contribution in [0.4, 0.5) is 0 Å². The van der Waals surface area contributed by atoms with E-state index in [1.807, 2.05) is 28.8 Å². The van der Waals surface area contributed by atoms with Crippen LogP contribution in [0.3, 0.4) is 0 Å². The van der Waals surface area contributed by atoms with Gasteiger partial charge in [-0.1, -0.05) is 24.6 Å². The van der Waals surface area contributed by atoms with Crippen molar-refractivity contribution >= 4 is 16.7 Å². The van der Waals surface area contributed by atoms with Crippen LogP contribution in [0.25, 0.3) is 21.9 Å². The maximum absolute atomic E-state index is 11.0. The van der Waals surface area contributed by atoms with E-state index in [2.05, 4.69) is 17.2 Å². The fraction of sp³-hybridized carbons (Fsp3) is 0.348. The number of nitrogens with zero attached hydrogens (tertiary/aromatic N) is 2. The first-order valence-electron chi connectivity index (χ1n) is 10.0. The van der Waals surface area contributed by atoms with Crippen LogP contribution < -0.4 is 0 Å². The fourth-order valence-electron chi connectivity index (χ4n) is 4.57. The van der Waals surface area contributed by atoms with Crippen LogP contribution in [0.5, 0.6) is 5.88 Å². The summed E-state index contributed by atoms with van der Waals surface area (Å²) in [7, 11) is 0. The van der Waals surface area contributed by atoms with Gasteiger partial charge in [0.05, 0.1) is 11.6 Å². The van der Waals surface area contributed by atoms with Gasteiger partial charge < -0.3 is 14.8 Å². The second-order valence-corrected chi connectivity index (χ2v) is 8.07. The molecule has 1 aliphatic carbocycles. The molecule has 2 N–H and O–H groups in total. The molecule has 0 unspecified atom stereocenters. The van der Waals surface area contributed by atoms with Crippen molar-refractivity contribution in [3.8, 4) is 17.0 Å². The second-order valence-electron chi connectivity index (χ2n) is 8.07. The van der Waals surface area contributed by atoms with Gasteiger partial charge in [-0.2, -0.15) is 0 Å². The Hall–Kier alpha value is -2.79. The van der Waals surface area contributed by atoms with Crippen LogP contribution in [-0.2, 0) is 0 Å². The van der Waals surface area contributed by atoms with Crippen LogP contribution in [0.1, 0.15) is 42.1 Å². The molecule has 2 aliphatic rings. The number of aromatic nitrogens is 1. The Morgan fingerprint density at radius 1 is 0.964 bits per heavy atom. The molecule has 3 aromatic rings. The third kappa shape index (κ3) is 2.87. The first-order valence-corrected chi connectivity index (χ1v) is 10.0. The van der Waals surface area contributed by atoms with Gasteiger partial charge in [-0.05, 0) is 54.7 Å². The average molecular weight is 376 g/mol. The number of aromatic hydroxyl groups is 1. The van der Waals surface area contributed by atoms with Gasteiger partial charge in [0.25, 0.3) is 0 Å². The van der Waals surface area contributed by atoms with Gasteiger partial charge in [-0.15, -0.1) is 0 Å². The molecule has 5 rings (SSSR count). The largest absolute Gasteiger partial charge is 0.494 e.